The van der Waals surface area contributed by atoms with Gasteiger partial charge in [0, 0.05) is 30.3 Å². The Hall–Kier alpha value is -3.10. The highest BCUT2D eigenvalue weighted by Gasteiger charge is 2.33. The topological polar surface area (TPSA) is 77.0 Å². The van der Waals surface area contributed by atoms with Crippen LogP contribution in [0.15, 0.2) is 61.9 Å². The van der Waals surface area contributed by atoms with Gasteiger partial charge in [0.1, 0.15) is 5.76 Å². The largest absolute Gasteiger partial charge is 0.459 e. The fraction of sp³-hybridized carbons (Fsp3) is 0.370. The van der Waals surface area contributed by atoms with Crippen molar-refractivity contribution in [2.45, 2.75) is 52.2 Å². The Bertz CT molecular complexity index is 1490. The summed E-state index contributed by atoms with van der Waals surface area (Å²) in [7, 11) is 0. The van der Waals surface area contributed by atoms with Crippen molar-refractivity contribution < 1.29 is 13.9 Å². The van der Waals surface area contributed by atoms with Crippen LogP contribution < -0.4 is 19.8 Å². The van der Waals surface area contributed by atoms with Crippen LogP contribution in [0.2, 0.25) is 5.02 Å². The van der Waals surface area contributed by atoms with E-state index in [1.807, 2.05) is 24.3 Å². The lowest BCUT2D eigenvalue weighted by atomic mass is 9.96. The van der Waals surface area contributed by atoms with Crippen molar-refractivity contribution in [2.24, 2.45) is 4.99 Å². The Morgan fingerprint density at radius 2 is 1.89 bits per heavy atom. The SMILES string of the molecule is CC1=C(C(=O)OC(C)C)[C@H](c2ccc(Cl)cc2)n2c(sc(=Cc3ccc(N4CCCCC4)o3)c2=O)=N1. The van der Waals surface area contributed by atoms with E-state index in [1.54, 1.807) is 43.5 Å². The first-order valence-electron chi connectivity index (χ1n) is 12.2. The molecule has 1 saturated heterocycles. The normalized spacial score (nSPS) is 18.4. The number of halogens is 1. The number of esters is 1. The number of nitrogens with zero attached hydrogens (tertiary/aromatic N) is 3. The summed E-state index contributed by atoms with van der Waals surface area (Å²) in [6.07, 6.45) is 5.00. The Balaban J connectivity index is 1.60. The van der Waals surface area contributed by atoms with Gasteiger partial charge in [-0.05, 0) is 63.8 Å². The second-order valence-electron chi connectivity index (χ2n) is 9.31. The van der Waals surface area contributed by atoms with Crippen LogP contribution in [-0.2, 0) is 9.53 Å². The average Bonchev–Trinajstić information content (AvgIpc) is 3.43. The number of aromatic nitrogens is 1. The number of furan rings is 1. The van der Waals surface area contributed by atoms with Gasteiger partial charge in [-0.1, -0.05) is 35.1 Å². The van der Waals surface area contributed by atoms with Crippen molar-refractivity contribution >= 4 is 40.9 Å². The molecular formula is C27H28ClN3O4S. The van der Waals surface area contributed by atoms with Crippen molar-refractivity contribution in [3.63, 3.8) is 0 Å². The van der Waals surface area contributed by atoms with Crippen molar-refractivity contribution in [2.75, 3.05) is 18.0 Å². The van der Waals surface area contributed by atoms with Crippen molar-refractivity contribution in [1.82, 2.24) is 4.57 Å². The summed E-state index contributed by atoms with van der Waals surface area (Å²) in [4.78, 5) is 34.2. The number of carbonyl (C=O) groups excluding carboxylic acids is 1. The number of hydrogen-bond donors (Lipinski definition) is 0. The first kappa shape index (κ1) is 24.6. The maximum absolute atomic E-state index is 13.7. The van der Waals surface area contributed by atoms with Crippen LogP contribution in [0.1, 0.15) is 57.4 Å². The van der Waals surface area contributed by atoms with Crippen molar-refractivity contribution in [3.8, 4) is 0 Å². The summed E-state index contributed by atoms with van der Waals surface area (Å²) in [5.74, 6) is 0.944. The summed E-state index contributed by atoms with van der Waals surface area (Å²) in [6, 6.07) is 10.3. The Labute approximate surface area is 218 Å². The lowest BCUT2D eigenvalue weighted by Gasteiger charge is -2.25. The fourth-order valence-corrected chi connectivity index (χ4v) is 5.81. The monoisotopic (exact) mass is 525 g/mol. The van der Waals surface area contributed by atoms with Gasteiger partial charge in [0.15, 0.2) is 10.7 Å². The number of fused-ring (bicyclic) bond motifs is 1. The van der Waals surface area contributed by atoms with Crippen LogP contribution in [0.3, 0.4) is 0 Å². The summed E-state index contributed by atoms with van der Waals surface area (Å²) in [5.41, 5.74) is 1.38. The van der Waals surface area contributed by atoms with Gasteiger partial charge in [-0.15, -0.1) is 0 Å². The molecule has 0 radical (unpaired) electrons. The molecule has 0 unspecified atom stereocenters. The number of hydrogen-bond acceptors (Lipinski definition) is 7. The number of benzene rings is 1. The van der Waals surface area contributed by atoms with E-state index >= 15 is 0 Å². The van der Waals surface area contributed by atoms with E-state index in [0.29, 0.717) is 31.4 Å². The van der Waals surface area contributed by atoms with E-state index in [4.69, 9.17) is 20.8 Å². The van der Waals surface area contributed by atoms with E-state index < -0.39 is 12.0 Å². The standard InChI is InChI=1S/C27H28ClN3O4S/c1-16(2)34-26(33)23-17(3)29-27-31(24(23)18-7-9-19(28)10-8-18)25(32)21(36-27)15-20-11-12-22(35-20)30-13-5-4-6-14-30/h7-12,15-16,24H,4-6,13-14H2,1-3H3/t24-/m0/s1. The minimum absolute atomic E-state index is 0.239. The van der Waals surface area contributed by atoms with Gasteiger partial charge in [-0.25, -0.2) is 9.79 Å². The molecule has 2 aliphatic rings. The molecule has 3 aromatic rings. The Morgan fingerprint density at radius 1 is 1.17 bits per heavy atom. The maximum atomic E-state index is 13.7. The molecule has 0 N–H and O–H groups in total. The van der Waals surface area contributed by atoms with Gasteiger partial charge in [-0.3, -0.25) is 9.36 Å². The first-order valence-corrected chi connectivity index (χ1v) is 13.3. The molecule has 4 heterocycles. The minimum Gasteiger partial charge on any atom is -0.459 e. The third-order valence-electron chi connectivity index (χ3n) is 6.32. The molecule has 0 spiro atoms. The summed E-state index contributed by atoms with van der Waals surface area (Å²) >= 11 is 7.40. The molecule has 7 nitrogen and oxygen atoms in total. The minimum atomic E-state index is -0.674. The molecule has 0 amide bonds. The summed E-state index contributed by atoms with van der Waals surface area (Å²) in [5, 5.41) is 0.570. The molecule has 36 heavy (non-hydrogen) atoms. The van der Waals surface area contributed by atoms with Crippen LogP contribution >= 0.6 is 22.9 Å². The number of rotatable bonds is 5. The lowest BCUT2D eigenvalue weighted by Crippen LogP contribution is -2.40. The number of carbonyl (C=O) groups is 1. The first-order chi connectivity index (χ1) is 17.3. The highest BCUT2D eigenvalue weighted by molar-refractivity contribution is 7.07. The zero-order valence-corrected chi connectivity index (χ0v) is 22.1. The van der Waals surface area contributed by atoms with Gasteiger partial charge in [0.25, 0.3) is 5.56 Å². The van der Waals surface area contributed by atoms with Gasteiger partial charge < -0.3 is 14.1 Å². The Kier molecular flexibility index (Phi) is 6.90. The zero-order valence-electron chi connectivity index (χ0n) is 20.5. The number of thiazole rings is 1. The molecule has 0 aliphatic carbocycles. The van der Waals surface area contributed by atoms with Crippen LogP contribution in [0, 0.1) is 0 Å². The predicted octanol–water partition coefficient (Wildman–Crippen LogP) is 4.42. The number of allylic oxidation sites excluding steroid dienone is 1. The third-order valence-corrected chi connectivity index (χ3v) is 7.56. The number of ether oxygens (including phenoxy) is 1. The third kappa shape index (κ3) is 4.80. The number of piperidine rings is 1. The smallest absolute Gasteiger partial charge is 0.338 e. The second kappa shape index (κ2) is 10.1. The molecular weight excluding hydrogens is 498 g/mol. The predicted molar refractivity (Wildman–Crippen MR) is 141 cm³/mol. The molecule has 5 rings (SSSR count). The highest BCUT2D eigenvalue weighted by atomic mass is 35.5. The van der Waals surface area contributed by atoms with Gasteiger partial charge in [-0.2, -0.15) is 0 Å². The molecule has 1 atom stereocenters. The summed E-state index contributed by atoms with van der Waals surface area (Å²) < 4.78 is 13.6. The molecule has 2 aliphatic heterocycles. The zero-order chi connectivity index (χ0) is 25.4. The summed E-state index contributed by atoms with van der Waals surface area (Å²) in [6.45, 7) is 7.31. The van der Waals surface area contributed by atoms with E-state index in [1.165, 1.54) is 17.8 Å². The maximum Gasteiger partial charge on any atom is 0.338 e. The van der Waals surface area contributed by atoms with Crippen LogP contribution in [0.4, 0.5) is 5.88 Å². The molecule has 188 valence electrons. The molecule has 1 aromatic carbocycles. The van der Waals surface area contributed by atoms with Crippen LogP contribution in [0.5, 0.6) is 0 Å². The van der Waals surface area contributed by atoms with E-state index in [-0.39, 0.29) is 11.7 Å². The van der Waals surface area contributed by atoms with Gasteiger partial charge in [0.2, 0.25) is 0 Å². The molecule has 0 bridgehead atoms. The molecule has 1 fully saturated rings. The average molecular weight is 526 g/mol. The van der Waals surface area contributed by atoms with Gasteiger partial charge in [0.05, 0.1) is 27.9 Å². The van der Waals surface area contributed by atoms with Gasteiger partial charge >= 0.3 is 5.97 Å². The molecule has 2 aromatic heterocycles. The molecule has 9 heteroatoms. The van der Waals surface area contributed by atoms with Crippen LogP contribution in [0.25, 0.3) is 6.08 Å². The Morgan fingerprint density at radius 3 is 2.58 bits per heavy atom. The highest BCUT2D eigenvalue weighted by Crippen LogP contribution is 2.31. The lowest BCUT2D eigenvalue weighted by molar-refractivity contribution is -0.143. The van der Waals surface area contributed by atoms with Crippen molar-refractivity contribution in [3.05, 3.63) is 83.7 Å². The quantitative estimate of drug-likeness (QED) is 0.461. The van der Waals surface area contributed by atoms with E-state index in [0.717, 1.165) is 37.4 Å². The van der Waals surface area contributed by atoms with Crippen LogP contribution in [-0.4, -0.2) is 29.7 Å². The number of anilines is 1. The molecule has 0 saturated carbocycles. The van der Waals surface area contributed by atoms with E-state index in [9.17, 15) is 9.59 Å². The second-order valence-corrected chi connectivity index (χ2v) is 10.8. The van der Waals surface area contributed by atoms with Crippen molar-refractivity contribution in [1.29, 1.82) is 0 Å². The van der Waals surface area contributed by atoms with E-state index in [2.05, 4.69) is 9.89 Å². The fourth-order valence-electron chi connectivity index (χ4n) is 4.65.